The molecule has 0 aromatic carbocycles. The standard InChI is InChI=1S/C6F12IN/c7-1(8)2(9,10)5(16,17)20(4(1,14)15)6(18,19)3(11,12)13. The second kappa shape index (κ2) is 3.98. The van der Waals surface area contributed by atoms with E-state index in [-0.39, 0.29) is 0 Å². The maximum Gasteiger partial charge on any atom is 0.447 e. The summed E-state index contributed by atoms with van der Waals surface area (Å²) in [7, 11) is 0. The Bertz CT molecular complexity index is 385. The number of alkyl halides is 13. The van der Waals surface area contributed by atoms with Gasteiger partial charge in [0.05, 0.1) is 0 Å². The van der Waals surface area contributed by atoms with E-state index in [0.717, 1.165) is 0 Å². The lowest BCUT2D eigenvalue weighted by Crippen LogP contribution is -2.63. The molecule has 1 rings (SSSR count). The molecule has 1 heterocycles. The predicted molar refractivity (Wildman–Crippen MR) is 45.5 cm³/mol. The minimum atomic E-state index is -6.92. The van der Waals surface area contributed by atoms with E-state index >= 15 is 0 Å². The van der Waals surface area contributed by atoms with Crippen LogP contribution in [0.15, 0.2) is 0 Å². The van der Waals surface area contributed by atoms with Gasteiger partial charge in [-0.25, -0.2) is 4.39 Å². The highest BCUT2D eigenvalue weighted by molar-refractivity contribution is 14.1. The van der Waals surface area contributed by atoms with Crippen LogP contribution in [-0.2, 0) is 0 Å². The minimum Gasteiger partial charge on any atom is -0.204 e. The van der Waals surface area contributed by atoms with Gasteiger partial charge in [0.2, 0.25) is 0 Å². The zero-order valence-electron chi connectivity index (χ0n) is 8.36. The Labute approximate surface area is 115 Å². The first kappa shape index (κ1) is 17.9. The molecule has 1 aliphatic heterocycles. The van der Waals surface area contributed by atoms with Gasteiger partial charge in [-0.15, -0.1) is 4.90 Å². The molecule has 0 amide bonds. The van der Waals surface area contributed by atoms with Crippen molar-refractivity contribution in [3.05, 3.63) is 0 Å². The third-order valence-electron chi connectivity index (χ3n) is 2.33. The normalized spacial score (nSPS) is 31.1. The van der Waals surface area contributed by atoms with Gasteiger partial charge in [-0.2, -0.15) is 48.3 Å². The van der Waals surface area contributed by atoms with Crippen LogP contribution in [-0.4, -0.2) is 38.8 Å². The number of hydrogen-bond donors (Lipinski definition) is 0. The van der Waals surface area contributed by atoms with Gasteiger partial charge >= 0.3 is 33.9 Å². The van der Waals surface area contributed by atoms with Crippen LogP contribution in [0.4, 0.5) is 52.7 Å². The molecule has 0 aromatic heterocycles. The molecule has 0 aliphatic carbocycles. The quantitative estimate of drug-likeness (QED) is 0.253. The summed E-state index contributed by atoms with van der Waals surface area (Å²) < 4.78 is 145. The molecule has 120 valence electrons. The van der Waals surface area contributed by atoms with Crippen LogP contribution in [0.2, 0.25) is 0 Å². The van der Waals surface area contributed by atoms with Crippen molar-refractivity contribution in [2.24, 2.45) is 0 Å². The van der Waals surface area contributed by atoms with E-state index in [1.165, 1.54) is 0 Å². The molecule has 0 spiro atoms. The SMILES string of the molecule is FC(F)(F)C(F)(I)N1C(F)(F)C(F)(F)C(F)(F)C1(F)F. The number of hydrogen-bond acceptors (Lipinski definition) is 1. The molecule has 1 nitrogen and oxygen atoms in total. The zero-order chi connectivity index (χ0) is 16.6. The molecular formula is C6F12IN. The van der Waals surface area contributed by atoms with Gasteiger partial charge < -0.3 is 0 Å². The summed E-state index contributed by atoms with van der Waals surface area (Å²) >= 11 is -0.724. The Morgan fingerprint density at radius 2 is 0.900 bits per heavy atom. The van der Waals surface area contributed by atoms with Gasteiger partial charge in [0.15, 0.2) is 0 Å². The molecule has 0 aromatic rings. The maximum absolute atomic E-state index is 13.1. The maximum atomic E-state index is 13.1. The monoisotopic (exact) mass is 441 g/mol. The van der Waals surface area contributed by atoms with Crippen LogP contribution in [0, 0.1) is 0 Å². The van der Waals surface area contributed by atoms with Gasteiger partial charge in [0.1, 0.15) is 0 Å². The Hall–Kier alpha value is -0.150. The van der Waals surface area contributed by atoms with Crippen molar-refractivity contribution in [2.45, 2.75) is 33.9 Å². The van der Waals surface area contributed by atoms with Crippen molar-refractivity contribution in [1.82, 2.24) is 4.90 Å². The fraction of sp³-hybridized carbons (Fsp3) is 1.00. The van der Waals surface area contributed by atoms with Crippen molar-refractivity contribution in [3.63, 3.8) is 0 Å². The topological polar surface area (TPSA) is 3.24 Å². The zero-order valence-corrected chi connectivity index (χ0v) is 10.5. The molecule has 0 saturated carbocycles. The summed E-state index contributed by atoms with van der Waals surface area (Å²) in [6.07, 6.45) is -6.57. The van der Waals surface area contributed by atoms with Crippen LogP contribution < -0.4 is 0 Å². The van der Waals surface area contributed by atoms with Gasteiger partial charge in [0.25, 0.3) is 0 Å². The van der Waals surface area contributed by atoms with Crippen LogP contribution in [0.25, 0.3) is 0 Å². The van der Waals surface area contributed by atoms with Crippen molar-refractivity contribution in [3.8, 4) is 0 Å². The van der Waals surface area contributed by atoms with Crippen molar-refractivity contribution in [1.29, 1.82) is 0 Å². The number of nitrogens with zero attached hydrogens (tertiary/aromatic N) is 1. The molecule has 0 bridgehead atoms. The van der Waals surface area contributed by atoms with Gasteiger partial charge in [0, 0.05) is 0 Å². The lowest BCUT2D eigenvalue weighted by atomic mass is 10.2. The van der Waals surface area contributed by atoms with Gasteiger partial charge in [-0.1, -0.05) is 0 Å². The minimum absolute atomic E-state index is 0.724. The summed E-state index contributed by atoms with van der Waals surface area (Å²) in [5.74, 6) is -13.8. The molecule has 20 heavy (non-hydrogen) atoms. The summed E-state index contributed by atoms with van der Waals surface area (Å²) in [6.45, 7) is 0. The lowest BCUT2D eigenvalue weighted by Gasteiger charge is -2.37. The highest BCUT2D eigenvalue weighted by Gasteiger charge is 2.97. The van der Waals surface area contributed by atoms with E-state index in [0.29, 0.717) is 0 Å². The summed E-state index contributed by atoms with van der Waals surface area (Å²) in [5, 5.41) is 0. The van der Waals surface area contributed by atoms with Crippen molar-refractivity contribution in [2.75, 3.05) is 0 Å². The molecule has 1 fully saturated rings. The van der Waals surface area contributed by atoms with Crippen LogP contribution in [0.5, 0.6) is 0 Å². The number of rotatable bonds is 1. The molecule has 1 saturated heterocycles. The van der Waals surface area contributed by atoms with Crippen LogP contribution in [0.1, 0.15) is 0 Å². The van der Waals surface area contributed by atoms with E-state index in [4.69, 9.17) is 0 Å². The third-order valence-corrected chi connectivity index (χ3v) is 3.43. The van der Waals surface area contributed by atoms with E-state index in [2.05, 4.69) is 0 Å². The first-order valence-corrected chi connectivity index (χ1v) is 5.21. The average molecular weight is 441 g/mol. The molecule has 1 unspecified atom stereocenters. The second-order valence-corrected chi connectivity index (χ2v) is 5.04. The Morgan fingerprint density at radius 3 is 1.10 bits per heavy atom. The average Bonchev–Trinajstić information content (AvgIpc) is 2.18. The molecule has 1 aliphatic rings. The van der Waals surface area contributed by atoms with E-state index in [1.807, 2.05) is 0 Å². The van der Waals surface area contributed by atoms with E-state index < -0.39 is 61.4 Å². The fourth-order valence-corrected chi connectivity index (χ4v) is 1.92. The van der Waals surface area contributed by atoms with E-state index in [1.54, 1.807) is 0 Å². The first-order chi connectivity index (χ1) is 8.37. The summed E-state index contributed by atoms with van der Waals surface area (Å²) in [5.41, 5.74) is 0. The number of likely N-dealkylation sites (tertiary alicyclic amines) is 1. The van der Waals surface area contributed by atoms with Crippen LogP contribution in [0.3, 0.4) is 0 Å². The summed E-state index contributed by atoms with van der Waals surface area (Å²) in [6, 6.07) is -13.6. The summed E-state index contributed by atoms with van der Waals surface area (Å²) in [4.78, 5) is -3.16. The largest absolute Gasteiger partial charge is 0.447 e. The first-order valence-electron chi connectivity index (χ1n) is 4.13. The molecule has 14 heteroatoms. The third kappa shape index (κ3) is 1.75. The number of halogens is 13. The van der Waals surface area contributed by atoms with E-state index in [9.17, 15) is 52.7 Å². The molecule has 0 N–H and O–H groups in total. The second-order valence-electron chi connectivity index (χ2n) is 3.61. The predicted octanol–water partition coefficient (Wildman–Crippen LogP) is 4.38. The smallest absolute Gasteiger partial charge is 0.204 e. The van der Waals surface area contributed by atoms with Crippen molar-refractivity contribution >= 4 is 22.6 Å². The van der Waals surface area contributed by atoms with Gasteiger partial charge in [-0.3, -0.25) is 0 Å². The Morgan fingerprint density at radius 1 is 0.650 bits per heavy atom. The highest BCUT2D eigenvalue weighted by atomic mass is 127. The lowest BCUT2D eigenvalue weighted by molar-refractivity contribution is -0.357. The Balaban J connectivity index is 3.64. The molecule has 0 radical (unpaired) electrons. The van der Waals surface area contributed by atoms with Crippen molar-refractivity contribution < 1.29 is 52.7 Å². The Kier molecular flexibility index (Phi) is 3.56. The fourth-order valence-electron chi connectivity index (χ4n) is 1.31. The molecular weight excluding hydrogens is 441 g/mol. The van der Waals surface area contributed by atoms with Gasteiger partial charge in [-0.05, 0) is 22.6 Å². The highest BCUT2D eigenvalue weighted by Crippen LogP contribution is 2.67. The molecule has 1 atom stereocenters. The van der Waals surface area contributed by atoms with Crippen LogP contribution >= 0.6 is 22.6 Å².